The van der Waals surface area contributed by atoms with Gasteiger partial charge in [-0.3, -0.25) is 0 Å². The predicted octanol–water partition coefficient (Wildman–Crippen LogP) is 8.45. The van der Waals surface area contributed by atoms with Crippen molar-refractivity contribution in [2.45, 2.75) is 43.6 Å². The van der Waals surface area contributed by atoms with Gasteiger partial charge in [0.25, 0.3) is 0 Å². The number of halogens is 1. The Kier molecular flexibility index (Phi) is 6.87. The fourth-order valence-electron chi connectivity index (χ4n) is 5.92. The van der Waals surface area contributed by atoms with Crippen molar-refractivity contribution in [1.29, 1.82) is 0 Å². The van der Waals surface area contributed by atoms with E-state index in [0.717, 1.165) is 19.3 Å². The summed E-state index contributed by atoms with van der Waals surface area (Å²) >= 11 is -2.14. The van der Waals surface area contributed by atoms with Gasteiger partial charge in [-0.15, -0.1) is 0 Å². The molecule has 3 heteroatoms. The topological polar surface area (TPSA) is 7.76 Å². The van der Waals surface area contributed by atoms with E-state index in [-0.39, 0.29) is 3.55 Å². The first-order chi connectivity index (χ1) is 18.7. The van der Waals surface area contributed by atoms with Crippen molar-refractivity contribution in [2.75, 3.05) is 0 Å². The molecule has 190 valence electrons. The Balaban J connectivity index is 1.71. The van der Waals surface area contributed by atoms with Crippen molar-refractivity contribution in [1.82, 2.24) is 0 Å². The molecule has 0 unspecified atom stereocenters. The van der Waals surface area contributed by atoms with Crippen LogP contribution in [0, 0.1) is 3.57 Å². The average Bonchev–Trinajstić information content (AvgIpc) is 3.00. The van der Waals surface area contributed by atoms with E-state index in [4.69, 9.17) is 0 Å². The van der Waals surface area contributed by atoms with E-state index in [9.17, 15) is 0 Å². The summed E-state index contributed by atoms with van der Waals surface area (Å²) in [6, 6.07) is 40.5. The summed E-state index contributed by atoms with van der Waals surface area (Å²) in [6.07, 6.45) is 8.03. The number of nitrogens with zero attached hydrogens (tertiary/aromatic N) is 2. The molecule has 0 radical (unpaired) electrons. The van der Waals surface area contributed by atoms with E-state index < -0.39 is 20.1 Å². The summed E-state index contributed by atoms with van der Waals surface area (Å²) in [7, 11) is 0. The molecule has 0 fully saturated rings. The number of benzene rings is 3. The van der Waals surface area contributed by atoms with Gasteiger partial charge in [-0.05, 0) is 0 Å². The third kappa shape index (κ3) is 3.99. The van der Waals surface area contributed by atoms with Crippen LogP contribution < -0.4 is 7.35 Å². The zero-order valence-electron chi connectivity index (χ0n) is 22.4. The minimum absolute atomic E-state index is 0.0464. The van der Waals surface area contributed by atoms with Crippen LogP contribution in [0.5, 0.6) is 0 Å². The molecule has 0 atom stereocenters. The molecule has 0 aliphatic carbocycles. The summed E-state index contributed by atoms with van der Waals surface area (Å²) in [5, 5.41) is 0. The second-order valence-electron chi connectivity index (χ2n) is 9.82. The first-order valence-electron chi connectivity index (χ1n) is 13.7. The standard InChI is InChI=1S/C35H35IN2/c1-4-27-16-10-11-19-30(27)34-24-23-29(28-17-8-7-9-18-28)26-38(34)36-32-21-13-12-20-31(32)33-22-14-15-25-37(33)35(36,5-2)6-3/h7-26H,4-6H2,1-3H3/q+2. The Morgan fingerprint density at radius 3 is 2.05 bits per heavy atom. The van der Waals surface area contributed by atoms with Gasteiger partial charge in [0, 0.05) is 0 Å². The van der Waals surface area contributed by atoms with E-state index in [1.165, 1.54) is 39.2 Å². The van der Waals surface area contributed by atoms with E-state index in [0.29, 0.717) is 0 Å². The molecule has 5 aromatic rings. The van der Waals surface area contributed by atoms with Crippen LogP contribution in [0.4, 0.5) is 0 Å². The molecule has 1 aliphatic heterocycles. The van der Waals surface area contributed by atoms with Crippen molar-refractivity contribution < 1.29 is 7.35 Å². The molecule has 0 amide bonds. The summed E-state index contributed by atoms with van der Waals surface area (Å²) in [5.41, 5.74) is 9.38. The normalized spacial score (nSPS) is 14.6. The summed E-state index contributed by atoms with van der Waals surface area (Å²) in [4.78, 5) is 0. The van der Waals surface area contributed by atoms with Crippen molar-refractivity contribution in [3.8, 4) is 33.6 Å². The number of aryl methyl sites for hydroxylation is 1. The van der Waals surface area contributed by atoms with Crippen LogP contribution in [0.3, 0.4) is 0 Å². The third-order valence-electron chi connectivity index (χ3n) is 7.92. The number of pyridine rings is 2. The fraction of sp³-hybridized carbons (Fsp3) is 0.200. The van der Waals surface area contributed by atoms with Crippen LogP contribution >= 0.6 is 20.1 Å². The number of hydrogen-bond acceptors (Lipinski definition) is 0. The van der Waals surface area contributed by atoms with E-state index in [1.54, 1.807) is 3.57 Å². The van der Waals surface area contributed by atoms with E-state index >= 15 is 0 Å². The molecule has 38 heavy (non-hydrogen) atoms. The SMILES string of the molecule is CCc1ccccc1-c1ccc(-c2ccccc2)c[n+]1I1c2ccccc2-c2cccc[n+]2C1(CC)CC. The predicted molar refractivity (Wildman–Crippen MR) is 166 cm³/mol. The Morgan fingerprint density at radius 2 is 1.29 bits per heavy atom. The second kappa shape index (κ2) is 10.5. The molecule has 2 nitrogen and oxygen atoms in total. The van der Waals surface area contributed by atoms with E-state index in [1.807, 2.05) is 0 Å². The zero-order valence-corrected chi connectivity index (χ0v) is 24.6. The van der Waals surface area contributed by atoms with Gasteiger partial charge < -0.3 is 0 Å². The number of rotatable bonds is 6. The van der Waals surface area contributed by atoms with Crippen molar-refractivity contribution in [3.63, 3.8) is 0 Å². The maximum atomic E-state index is 2.76. The van der Waals surface area contributed by atoms with Gasteiger partial charge in [0.05, 0.1) is 0 Å². The molecule has 0 N–H and O–H groups in total. The number of alkyl halides is 1. The Bertz CT molecular complexity index is 1590. The summed E-state index contributed by atoms with van der Waals surface area (Å²) < 4.78 is 7.00. The molecule has 0 bridgehead atoms. The molecule has 2 aromatic heterocycles. The van der Waals surface area contributed by atoms with Crippen molar-refractivity contribution in [2.24, 2.45) is 0 Å². The quantitative estimate of drug-likeness (QED) is 0.104. The van der Waals surface area contributed by atoms with Gasteiger partial charge >= 0.3 is 235 Å². The Hall–Kier alpha value is -3.31. The molecule has 0 saturated carbocycles. The number of hydrogen-bond donors (Lipinski definition) is 0. The van der Waals surface area contributed by atoms with Gasteiger partial charge in [0.1, 0.15) is 0 Å². The molecule has 1 aliphatic rings. The monoisotopic (exact) mass is 610 g/mol. The van der Waals surface area contributed by atoms with Gasteiger partial charge in [0.2, 0.25) is 0 Å². The molecule has 6 rings (SSSR count). The van der Waals surface area contributed by atoms with Gasteiger partial charge in [-0.1, -0.05) is 0 Å². The third-order valence-corrected chi connectivity index (χ3v) is 15.7. The fourth-order valence-corrected chi connectivity index (χ4v) is 14.0. The van der Waals surface area contributed by atoms with E-state index in [2.05, 4.69) is 150 Å². The van der Waals surface area contributed by atoms with Crippen LogP contribution in [-0.4, -0.2) is 0 Å². The van der Waals surface area contributed by atoms with Gasteiger partial charge in [-0.25, -0.2) is 0 Å². The molecule has 0 saturated heterocycles. The number of fused-ring (bicyclic) bond motifs is 3. The summed E-state index contributed by atoms with van der Waals surface area (Å²) in [6.45, 7) is 7.06. The van der Waals surface area contributed by atoms with Gasteiger partial charge in [0.15, 0.2) is 0 Å². The first-order valence-corrected chi connectivity index (χ1v) is 16.8. The average molecular weight is 611 g/mol. The molecule has 0 spiro atoms. The van der Waals surface area contributed by atoms with Crippen LogP contribution in [-0.2, 0) is 9.97 Å². The zero-order chi connectivity index (χ0) is 26.1. The molecular formula is C35H35IN2+2. The van der Waals surface area contributed by atoms with Crippen LogP contribution in [0.2, 0.25) is 0 Å². The van der Waals surface area contributed by atoms with Gasteiger partial charge in [-0.2, -0.15) is 0 Å². The summed E-state index contributed by atoms with van der Waals surface area (Å²) in [5.74, 6) is 0. The van der Waals surface area contributed by atoms with Crippen molar-refractivity contribution >= 4 is 20.1 Å². The van der Waals surface area contributed by atoms with Crippen LogP contribution in [0.15, 0.2) is 122 Å². The maximum absolute atomic E-state index is 2.76. The molecule has 3 heterocycles. The minimum atomic E-state index is -2.14. The van der Waals surface area contributed by atoms with Crippen LogP contribution in [0.1, 0.15) is 39.2 Å². The molecular weight excluding hydrogens is 575 g/mol. The second-order valence-corrected chi connectivity index (χ2v) is 15.5. The molecule has 3 aromatic carbocycles. The van der Waals surface area contributed by atoms with Crippen LogP contribution in [0.25, 0.3) is 33.6 Å². The van der Waals surface area contributed by atoms with Crippen molar-refractivity contribution in [3.05, 3.63) is 131 Å². The Labute approximate surface area is 234 Å². The number of aromatic nitrogens is 2. The first kappa shape index (κ1) is 25.0. The Morgan fingerprint density at radius 1 is 0.605 bits per heavy atom.